The second kappa shape index (κ2) is 11.5. The van der Waals surface area contributed by atoms with Crippen molar-refractivity contribution in [2.75, 3.05) is 12.4 Å². The van der Waals surface area contributed by atoms with E-state index in [1.54, 1.807) is 35.8 Å². The third-order valence-corrected chi connectivity index (χ3v) is 7.92. The molecule has 0 aliphatic carbocycles. The lowest BCUT2D eigenvalue weighted by Crippen LogP contribution is -2.21. The van der Waals surface area contributed by atoms with Gasteiger partial charge in [-0.3, -0.25) is 10.0 Å². The largest absolute Gasteiger partial charge is 0.497 e. The van der Waals surface area contributed by atoms with Gasteiger partial charge in [-0.15, -0.1) is 12.4 Å². The third kappa shape index (κ3) is 5.52. The smallest absolute Gasteiger partial charge is 0.276 e. The number of thiophene rings is 1. The highest BCUT2D eigenvalue weighted by Crippen LogP contribution is 2.31. The molecule has 8 nitrogen and oxygen atoms in total. The number of hydroxylamine groups is 1. The number of methoxy groups -OCH3 is 1. The predicted molar refractivity (Wildman–Crippen MR) is 141 cm³/mol. The maximum Gasteiger partial charge on any atom is 0.276 e. The Morgan fingerprint density at radius 1 is 1.11 bits per heavy atom. The van der Waals surface area contributed by atoms with Gasteiger partial charge in [0.2, 0.25) is 9.84 Å². The number of rotatable bonds is 8. The normalized spacial score (nSPS) is 10.9. The molecule has 4 aromatic rings. The second-order valence-electron chi connectivity index (χ2n) is 7.67. The number of hydrogen-bond acceptors (Lipinski definition) is 8. The van der Waals surface area contributed by atoms with Gasteiger partial charge in [-0.25, -0.2) is 18.9 Å². The first-order valence-electron chi connectivity index (χ1n) is 10.5. The number of aromatic nitrogens is 1. The van der Waals surface area contributed by atoms with Crippen LogP contribution in [0.4, 0.5) is 5.69 Å². The Morgan fingerprint density at radius 2 is 1.86 bits per heavy atom. The van der Waals surface area contributed by atoms with Crippen molar-refractivity contribution >= 4 is 45.2 Å². The van der Waals surface area contributed by atoms with E-state index in [0.717, 1.165) is 16.7 Å². The first-order chi connectivity index (χ1) is 16.8. The summed E-state index contributed by atoms with van der Waals surface area (Å²) in [6, 6.07) is 15.0. The van der Waals surface area contributed by atoms with E-state index >= 15 is 0 Å². The molecule has 0 fully saturated rings. The van der Waals surface area contributed by atoms with Crippen molar-refractivity contribution in [1.82, 2.24) is 10.5 Å². The van der Waals surface area contributed by atoms with Crippen molar-refractivity contribution in [3.63, 3.8) is 0 Å². The van der Waals surface area contributed by atoms with Crippen molar-refractivity contribution in [2.24, 2.45) is 0 Å². The molecule has 2 aromatic heterocycles. The monoisotopic (exact) mass is 545 g/mol. The van der Waals surface area contributed by atoms with E-state index in [1.807, 2.05) is 29.8 Å². The topological polar surface area (TPSA) is 118 Å². The lowest BCUT2D eigenvalue weighted by Gasteiger charge is -2.17. The molecule has 0 aliphatic heterocycles. The van der Waals surface area contributed by atoms with Crippen LogP contribution < -0.4 is 15.5 Å². The summed E-state index contributed by atoms with van der Waals surface area (Å²) in [6.07, 6.45) is 1.42. The van der Waals surface area contributed by atoms with Gasteiger partial charge in [0.1, 0.15) is 5.75 Å². The van der Waals surface area contributed by atoms with Crippen LogP contribution in [0.15, 0.2) is 81.5 Å². The molecule has 0 unspecified atom stereocenters. The lowest BCUT2D eigenvalue weighted by atomic mass is 9.99. The van der Waals surface area contributed by atoms with Gasteiger partial charge in [-0.2, -0.15) is 11.3 Å². The summed E-state index contributed by atoms with van der Waals surface area (Å²) in [5, 5.41) is 16.3. The first-order valence-corrected chi connectivity index (χ1v) is 13.0. The Kier molecular flexibility index (Phi) is 8.70. The minimum absolute atomic E-state index is 0. The number of aryl methyl sites for hydroxylation is 1. The number of halogens is 1. The minimum atomic E-state index is -3.90. The Morgan fingerprint density at radius 3 is 2.50 bits per heavy atom. The molecule has 188 valence electrons. The van der Waals surface area contributed by atoms with Gasteiger partial charge in [0.05, 0.1) is 23.3 Å². The first kappa shape index (κ1) is 27.2. The van der Waals surface area contributed by atoms with Crippen LogP contribution in [0.5, 0.6) is 5.75 Å². The van der Waals surface area contributed by atoms with Gasteiger partial charge < -0.3 is 10.1 Å². The van der Waals surface area contributed by atoms with Crippen LogP contribution >= 0.6 is 23.7 Å². The maximum absolute atomic E-state index is 13.3. The van der Waals surface area contributed by atoms with Crippen LogP contribution in [0.1, 0.15) is 21.5 Å². The molecule has 2 aromatic carbocycles. The molecule has 1 amide bonds. The zero-order valence-electron chi connectivity index (χ0n) is 19.4. The minimum Gasteiger partial charge on any atom is -0.497 e. The van der Waals surface area contributed by atoms with Gasteiger partial charge >= 0.3 is 0 Å². The van der Waals surface area contributed by atoms with E-state index in [4.69, 9.17) is 4.74 Å². The van der Waals surface area contributed by atoms with Crippen molar-refractivity contribution in [3.05, 3.63) is 88.2 Å². The summed E-state index contributed by atoms with van der Waals surface area (Å²) in [4.78, 5) is 16.7. The lowest BCUT2D eigenvalue weighted by molar-refractivity contribution is 0.0707. The van der Waals surface area contributed by atoms with Crippen LogP contribution in [0.2, 0.25) is 0 Å². The van der Waals surface area contributed by atoms with Crippen LogP contribution in [0.3, 0.4) is 0 Å². The molecule has 11 heteroatoms. The fourth-order valence-corrected chi connectivity index (χ4v) is 5.77. The van der Waals surface area contributed by atoms with Crippen molar-refractivity contribution in [3.8, 4) is 16.9 Å². The molecule has 0 spiro atoms. The van der Waals surface area contributed by atoms with E-state index in [-0.39, 0.29) is 34.4 Å². The second-order valence-corrected chi connectivity index (χ2v) is 10.3. The Hall–Kier alpha value is -3.44. The Balaban J connectivity index is 0.00000361. The molecule has 0 atom stereocenters. The van der Waals surface area contributed by atoms with Crippen LogP contribution in [0, 0.1) is 6.92 Å². The highest BCUT2D eigenvalue weighted by molar-refractivity contribution is 7.91. The number of sulfone groups is 1. The fourth-order valence-electron chi connectivity index (χ4n) is 3.71. The van der Waals surface area contributed by atoms with Crippen LogP contribution in [-0.2, 0) is 16.4 Å². The van der Waals surface area contributed by atoms with Gasteiger partial charge in [-0.1, -0.05) is 6.07 Å². The molecule has 0 saturated heterocycles. The Bertz CT molecular complexity index is 1460. The average molecular weight is 546 g/mol. The van der Waals surface area contributed by atoms with Gasteiger partial charge in [0.15, 0.2) is 5.03 Å². The molecule has 3 N–H and O–H groups in total. The quantitative estimate of drug-likeness (QED) is 0.208. The summed E-state index contributed by atoms with van der Waals surface area (Å²) < 4.78 is 31.7. The van der Waals surface area contributed by atoms with E-state index in [2.05, 4.69) is 10.3 Å². The van der Waals surface area contributed by atoms with E-state index in [1.165, 1.54) is 36.8 Å². The molecular formula is C25H24ClN3O5S2. The summed E-state index contributed by atoms with van der Waals surface area (Å²) in [5.74, 6) is -0.132. The van der Waals surface area contributed by atoms with Crippen LogP contribution in [-0.4, -0.2) is 31.6 Å². The molecule has 2 heterocycles. The number of ether oxygens (including phenoxy) is 1. The Labute approximate surface area is 219 Å². The number of nitrogens with one attached hydrogen (secondary N) is 2. The van der Waals surface area contributed by atoms with E-state index in [9.17, 15) is 18.4 Å². The molecule has 36 heavy (non-hydrogen) atoms. The molecule has 0 aliphatic rings. The zero-order chi connectivity index (χ0) is 25.0. The molecular weight excluding hydrogens is 522 g/mol. The summed E-state index contributed by atoms with van der Waals surface area (Å²) in [5.41, 5.74) is 5.38. The van der Waals surface area contributed by atoms with Gasteiger partial charge in [0, 0.05) is 18.3 Å². The molecule has 0 saturated carbocycles. The van der Waals surface area contributed by atoms with E-state index in [0.29, 0.717) is 17.0 Å². The fraction of sp³-hybridized carbons (Fsp3) is 0.120. The predicted octanol–water partition coefficient (Wildman–Crippen LogP) is 5.11. The SMILES string of the molecule is COc1ccc(S(=O)(=O)c2ncccc2CNc2c(C)cc(-c3ccsc3)cc2C(=O)NO)cc1.Cl. The number of carbonyl (C=O) groups excluding carboxylic acids is 1. The third-order valence-electron chi connectivity index (χ3n) is 5.47. The number of anilines is 1. The average Bonchev–Trinajstić information content (AvgIpc) is 3.42. The summed E-state index contributed by atoms with van der Waals surface area (Å²) in [7, 11) is -2.40. The van der Waals surface area contributed by atoms with Crippen molar-refractivity contribution < 1.29 is 23.2 Å². The summed E-state index contributed by atoms with van der Waals surface area (Å²) in [6.45, 7) is 1.92. The molecule has 0 bridgehead atoms. The standard InChI is InChI=1S/C25H23N3O5S2.ClH/c1-16-12-19(18-9-11-34-15-18)13-22(24(29)28-30)23(16)27-14-17-4-3-10-26-25(17)35(31,32)21-7-5-20(33-2)6-8-21;/h3-13,15,27,30H,14H2,1-2H3,(H,28,29);1H. The van der Waals surface area contributed by atoms with Gasteiger partial charge in [0.25, 0.3) is 5.91 Å². The molecule has 4 rings (SSSR count). The maximum atomic E-state index is 13.3. The van der Waals surface area contributed by atoms with Crippen molar-refractivity contribution in [2.45, 2.75) is 23.4 Å². The number of hydrogen-bond donors (Lipinski definition) is 3. The van der Waals surface area contributed by atoms with Crippen molar-refractivity contribution in [1.29, 1.82) is 0 Å². The summed E-state index contributed by atoms with van der Waals surface area (Å²) >= 11 is 1.54. The van der Waals surface area contributed by atoms with Gasteiger partial charge in [-0.05, 0) is 82.9 Å². The molecule has 0 radical (unpaired) electrons. The zero-order valence-corrected chi connectivity index (χ0v) is 21.8. The number of benzene rings is 2. The van der Waals surface area contributed by atoms with Crippen LogP contribution in [0.25, 0.3) is 11.1 Å². The highest BCUT2D eigenvalue weighted by atomic mass is 35.5. The number of amides is 1. The number of nitrogens with zero attached hydrogens (tertiary/aromatic N) is 1. The number of carbonyl (C=O) groups is 1. The number of pyridine rings is 1. The highest BCUT2D eigenvalue weighted by Gasteiger charge is 2.23. The van der Waals surface area contributed by atoms with E-state index < -0.39 is 15.7 Å².